The summed E-state index contributed by atoms with van der Waals surface area (Å²) >= 11 is 0. The highest BCUT2D eigenvalue weighted by Crippen LogP contribution is 2.48. The summed E-state index contributed by atoms with van der Waals surface area (Å²) in [5.74, 6) is -0.889. The second kappa shape index (κ2) is 8.61. The molecule has 0 saturated carbocycles. The van der Waals surface area contributed by atoms with E-state index in [1.54, 1.807) is 42.5 Å². The minimum atomic E-state index is -1.09. The van der Waals surface area contributed by atoms with Crippen molar-refractivity contribution < 1.29 is 9.18 Å². The molecule has 3 heterocycles. The molecule has 2 unspecified atom stereocenters. The Morgan fingerprint density at radius 3 is 2.64 bits per heavy atom. The largest absolute Gasteiger partial charge is 0.366 e. The number of aromatic nitrogens is 7. The number of nitrogens with zero attached hydrogens (tertiary/aromatic N) is 7. The highest BCUT2D eigenvalue weighted by molar-refractivity contribution is 5.95. The number of pyridine rings is 1. The predicted molar refractivity (Wildman–Crippen MR) is 119 cm³/mol. The molecule has 0 fully saturated rings. The Bertz CT molecular complexity index is 1250. The smallest absolute Gasteiger partial charge is 0.244 e. The topological polar surface area (TPSA) is 125 Å². The average molecular weight is 449 g/mol. The molecule has 3 aromatic heterocycles. The lowest BCUT2D eigenvalue weighted by atomic mass is 9.65. The number of halogens is 1. The lowest BCUT2D eigenvalue weighted by molar-refractivity contribution is -0.114. The lowest BCUT2D eigenvalue weighted by Crippen LogP contribution is -2.38. The summed E-state index contributed by atoms with van der Waals surface area (Å²) in [7, 11) is 0. The third-order valence-electron chi connectivity index (χ3n) is 6.00. The number of nitrogens with two attached hydrogens (primary N) is 1. The van der Waals surface area contributed by atoms with Crippen LogP contribution in [0.2, 0.25) is 0 Å². The number of aryl methyl sites for hydroxylation is 1. The van der Waals surface area contributed by atoms with E-state index in [0.717, 1.165) is 0 Å². The van der Waals surface area contributed by atoms with Crippen molar-refractivity contribution in [3.8, 4) is 0 Å². The maximum atomic E-state index is 15.5. The van der Waals surface area contributed by atoms with Crippen molar-refractivity contribution in [2.24, 2.45) is 5.73 Å². The third kappa shape index (κ3) is 4.04. The first kappa shape index (κ1) is 22.4. The monoisotopic (exact) mass is 448 g/mol. The molecule has 4 rings (SSSR count). The van der Waals surface area contributed by atoms with E-state index in [9.17, 15) is 4.79 Å². The maximum Gasteiger partial charge on any atom is 0.244 e. The molecule has 1 aliphatic rings. The van der Waals surface area contributed by atoms with Gasteiger partial charge in [0.25, 0.3) is 0 Å². The standard InChI is InChI=1S/C23H25FN8O/c1-13(2)22-29-30-31-32(22)17-8-16(21(25)33)9-23(10-17,15(4)19-12-26-5-6-27-19)20-18(24)7-14(3)11-28-20/h5-8,10-13,15H,9H2,1-4H3,(H2,25,33). The zero-order valence-electron chi connectivity index (χ0n) is 18.9. The maximum absolute atomic E-state index is 15.5. The third-order valence-corrected chi connectivity index (χ3v) is 6.00. The van der Waals surface area contributed by atoms with Gasteiger partial charge in [-0.25, -0.2) is 4.39 Å². The van der Waals surface area contributed by atoms with Crippen LogP contribution in [0.1, 0.15) is 61.8 Å². The van der Waals surface area contributed by atoms with Crippen molar-refractivity contribution in [2.75, 3.05) is 0 Å². The van der Waals surface area contributed by atoms with Gasteiger partial charge in [0.15, 0.2) is 5.82 Å². The van der Waals surface area contributed by atoms with Crippen molar-refractivity contribution in [2.45, 2.75) is 51.4 Å². The van der Waals surface area contributed by atoms with Crippen molar-refractivity contribution >= 4 is 11.6 Å². The van der Waals surface area contributed by atoms with Crippen LogP contribution in [0, 0.1) is 12.7 Å². The number of hydrogen-bond donors (Lipinski definition) is 1. The SMILES string of the molecule is Cc1cnc(C2(C(C)c3cnccn3)C=C(n3nnnc3C(C)C)C=C(C(N)=O)C2)c(F)c1. The van der Waals surface area contributed by atoms with E-state index in [2.05, 4.69) is 30.5 Å². The van der Waals surface area contributed by atoms with Gasteiger partial charge in [0.2, 0.25) is 5.91 Å². The minimum absolute atomic E-state index is 0.00861. The number of carbonyl (C=O) groups is 1. The van der Waals surface area contributed by atoms with Crippen LogP contribution >= 0.6 is 0 Å². The molecule has 0 bridgehead atoms. The number of carbonyl (C=O) groups excluding carboxylic acids is 1. The van der Waals surface area contributed by atoms with Gasteiger partial charge in [-0.3, -0.25) is 19.7 Å². The number of allylic oxidation sites excluding steroid dienone is 3. The van der Waals surface area contributed by atoms with Gasteiger partial charge in [0, 0.05) is 47.6 Å². The molecule has 0 aromatic carbocycles. The predicted octanol–water partition coefficient (Wildman–Crippen LogP) is 2.83. The molecule has 0 aliphatic heterocycles. The Morgan fingerprint density at radius 1 is 1.21 bits per heavy atom. The fraction of sp³-hybridized carbons (Fsp3) is 0.348. The molecule has 3 aromatic rings. The molecule has 2 atom stereocenters. The van der Waals surface area contributed by atoms with Crippen LogP contribution in [-0.4, -0.2) is 41.1 Å². The Balaban J connectivity index is 2.02. The Kier molecular flexibility index (Phi) is 5.84. The summed E-state index contributed by atoms with van der Waals surface area (Å²) < 4.78 is 17.0. The molecule has 0 saturated heterocycles. The summed E-state index contributed by atoms with van der Waals surface area (Å²) in [5.41, 5.74) is 6.98. The molecule has 9 nitrogen and oxygen atoms in total. The summed E-state index contributed by atoms with van der Waals surface area (Å²) in [6.45, 7) is 7.60. The van der Waals surface area contributed by atoms with Crippen LogP contribution in [-0.2, 0) is 10.2 Å². The van der Waals surface area contributed by atoms with Crippen molar-refractivity contribution in [3.05, 3.63) is 77.2 Å². The Hall–Kier alpha value is -3.82. The zero-order valence-corrected chi connectivity index (χ0v) is 18.9. The fourth-order valence-corrected chi connectivity index (χ4v) is 4.23. The second-order valence-electron chi connectivity index (χ2n) is 8.62. The van der Waals surface area contributed by atoms with Crippen LogP contribution in [0.4, 0.5) is 4.39 Å². The van der Waals surface area contributed by atoms with Gasteiger partial charge in [-0.15, -0.1) is 5.10 Å². The van der Waals surface area contributed by atoms with Gasteiger partial charge in [-0.2, -0.15) is 4.68 Å². The van der Waals surface area contributed by atoms with E-state index in [0.29, 0.717) is 28.4 Å². The quantitative estimate of drug-likeness (QED) is 0.614. The number of primary amides is 1. The van der Waals surface area contributed by atoms with E-state index in [-0.39, 0.29) is 18.0 Å². The van der Waals surface area contributed by atoms with Gasteiger partial charge in [0.05, 0.1) is 17.1 Å². The van der Waals surface area contributed by atoms with Gasteiger partial charge >= 0.3 is 0 Å². The molecule has 10 heteroatoms. The van der Waals surface area contributed by atoms with Gasteiger partial charge in [0.1, 0.15) is 5.82 Å². The van der Waals surface area contributed by atoms with Crippen LogP contribution in [0.15, 0.2) is 48.6 Å². The van der Waals surface area contributed by atoms with Crippen LogP contribution in [0.3, 0.4) is 0 Å². The average Bonchev–Trinajstić information content (AvgIpc) is 3.29. The van der Waals surface area contributed by atoms with E-state index >= 15 is 4.39 Å². The van der Waals surface area contributed by atoms with Crippen molar-refractivity contribution in [1.82, 2.24) is 35.2 Å². The van der Waals surface area contributed by atoms with Gasteiger partial charge in [-0.05, 0) is 47.6 Å². The van der Waals surface area contributed by atoms with Crippen molar-refractivity contribution in [1.29, 1.82) is 0 Å². The molecule has 0 radical (unpaired) electrons. The molecule has 33 heavy (non-hydrogen) atoms. The normalized spacial score (nSPS) is 19.2. The molecular weight excluding hydrogens is 423 g/mol. The van der Waals surface area contributed by atoms with E-state index in [1.807, 2.05) is 26.8 Å². The molecule has 0 spiro atoms. The molecular formula is C23H25FN8O. The number of amides is 1. The lowest BCUT2D eigenvalue weighted by Gasteiger charge is -2.39. The molecule has 170 valence electrons. The molecule has 2 N–H and O–H groups in total. The number of rotatable bonds is 6. The van der Waals surface area contributed by atoms with Gasteiger partial charge < -0.3 is 5.73 Å². The number of hydrogen-bond acceptors (Lipinski definition) is 7. The van der Waals surface area contributed by atoms with E-state index in [1.165, 1.54) is 6.07 Å². The Morgan fingerprint density at radius 2 is 2.00 bits per heavy atom. The summed E-state index contributed by atoms with van der Waals surface area (Å²) in [6, 6.07) is 1.43. The first-order valence-corrected chi connectivity index (χ1v) is 10.6. The first-order chi connectivity index (χ1) is 15.7. The Labute approximate surface area is 190 Å². The summed E-state index contributed by atoms with van der Waals surface area (Å²) in [5, 5.41) is 12.1. The van der Waals surface area contributed by atoms with E-state index < -0.39 is 23.1 Å². The molecule has 1 amide bonds. The molecule has 1 aliphatic carbocycles. The first-order valence-electron chi connectivity index (χ1n) is 10.6. The van der Waals surface area contributed by atoms with Crippen LogP contribution < -0.4 is 5.73 Å². The van der Waals surface area contributed by atoms with E-state index in [4.69, 9.17) is 5.73 Å². The van der Waals surface area contributed by atoms with Crippen LogP contribution in [0.25, 0.3) is 5.70 Å². The van der Waals surface area contributed by atoms with Crippen molar-refractivity contribution in [3.63, 3.8) is 0 Å². The number of tetrazole rings is 1. The fourth-order valence-electron chi connectivity index (χ4n) is 4.23. The highest BCUT2D eigenvalue weighted by Gasteiger charge is 2.45. The minimum Gasteiger partial charge on any atom is -0.366 e. The summed E-state index contributed by atoms with van der Waals surface area (Å²) in [4.78, 5) is 25.5. The highest BCUT2D eigenvalue weighted by atomic mass is 19.1. The van der Waals surface area contributed by atoms with Crippen LogP contribution in [0.5, 0.6) is 0 Å². The summed E-state index contributed by atoms with van der Waals surface area (Å²) in [6.07, 6.45) is 10.0. The van der Waals surface area contributed by atoms with Gasteiger partial charge in [-0.1, -0.05) is 20.8 Å². The zero-order chi connectivity index (χ0) is 23.8. The second-order valence-corrected chi connectivity index (χ2v) is 8.62.